The second kappa shape index (κ2) is 7.64. The number of likely N-dealkylation sites (N-methyl/N-ethyl adjacent to an activating group) is 1. The van der Waals surface area contributed by atoms with Gasteiger partial charge in [0.2, 0.25) is 0 Å². The molecule has 0 spiro atoms. The molecule has 2 rings (SSSR count). The van der Waals surface area contributed by atoms with E-state index in [4.69, 9.17) is 9.47 Å². The summed E-state index contributed by atoms with van der Waals surface area (Å²) in [6.07, 6.45) is 5.56. The van der Waals surface area contributed by atoms with Gasteiger partial charge >= 0.3 is 0 Å². The summed E-state index contributed by atoms with van der Waals surface area (Å²) in [4.78, 5) is 4.05. The van der Waals surface area contributed by atoms with Gasteiger partial charge in [0.05, 0.1) is 14.2 Å². The van der Waals surface area contributed by atoms with Crippen LogP contribution in [0.25, 0.3) is 0 Å². The van der Waals surface area contributed by atoms with Gasteiger partial charge in [-0.05, 0) is 55.3 Å². The first-order chi connectivity index (χ1) is 10.3. The van der Waals surface area contributed by atoms with Crippen molar-refractivity contribution < 1.29 is 9.47 Å². The Labute approximate surface area is 126 Å². The standard InChI is InChI=1S/C17H22N2O2/c1-18-15(10-13-6-8-19-9-7-13)11-14-4-5-16(20-2)17(12-14)21-3/h4-9,12,15,18H,10-11H2,1-3H3. The number of ether oxygens (including phenoxy) is 2. The number of nitrogens with zero attached hydrogens (tertiary/aromatic N) is 1. The summed E-state index contributed by atoms with van der Waals surface area (Å²) < 4.78 is 10.6. The van der Waals surface area contributed by atoms with Gasteiger partial charge in [-0.15, -0.1) is 0 Å². The van der Waals surface area contributed by atoms with E-state index >= 15 is 0 Å². The molecule has 0 saturated carbocycles. The summed E-state index contributed by atoms with van der Waals surface area (Å²) >= 11 is 0. The zero-order valence-electron chi connectivity index (χ0n) is 12.8. The van der Waals surface area contributed by atoms with E-state index in [1.165, 1.54) is 11.1 Å². The number of nitrogens with one attached hydrogen (secondary N) is 1. The molecule has 0 radical (unpaired) electrons. The molecule has 112 valence electrons. The van der Waals surface area contributed by atoms with E-state index in [1.54, 1.807) is 14.2 Å². The molecule has 0 aliphatic heterocycles. The van der Waals surface area contributed by atoms with Gasteiger partial charge in [-0.1, -0.05) is 6.07 Å². The predicted octanol–water partition coefficient (Wildman–Crippen LogP) is 2.47. The molecule has 21 heavy (non-hydrogen) atoms. The molecule has 4 nitrogen and oxygen atoms in total. The molecule has 1 aromatic carbocycles. The zero-order valence-corrected chi connectivity index (χ0v) is 12.8. The first-order valence-electron chi connectivity index (χ1n) is 7.04. The van der Waals surface area contributed by atoms with E-state index in [0.29, 0.717) is 6.04 Å². The second-order valence-electron chi connectivity index (χ2n) is 4.94. The van der Waals surface area contributed by atoms with Crippen molar-refractivity contribution in [3.63, 3.8) is 0 Å². The summed E-state index contributed by atoms with van der Waals surface area (Å²) in [5.41, 5.74) is 2.51. The van der Waals surface area contributed by atoms with Crippen LogP contribution in [0.1, 0.15) is 11.1 Å². The Morgan fingerprint density at radius 2 is 1.62 bits per heavy atom. The van der Waals surface area contributed by atoms with Gasteiger partial charge in [0.25, 0.3) is 0 Å². The van der Waals surface area contributed by atoms with Crippen molar-refractivity contribution in [1.82, 2.24) is 10.3 Å². The Bertz CT molecular complexity index is 558. The Hall–Kier alpha value is -2.07. The van der Waals surface area contributed by atoms with Crippen LogP contribution in [0.4, 0.5) is 0 Å². The van der Waals surface area contributed by atoms with E-state index in [9.17, 15) is 0 Å². The molecule has 1 N–H and O–H groups in total. The van der Waals surface area contributed by atoms with Crippen LogP contribution in [0.5, 0.6) is 11.5 Å². The first-order valence-corrected chi connectivity index (χ1v) is 7.04. The smallest absolute Gasteiger partial charge is 0.160 e. The lowest BCUT2D eigenvalue weighted by Gasteiger charge is -2.17. The van der Waals surface area contributed by atoms with Gasteiger partial charge in [0, 0.05) is 18.4 Å². The maximum atomic E-state index is 5.36. The minimum atomic E-state index is 0.366. The van der Waals surface area contributed by atoms with E-state index in [2.05, 4.69) is 28.5 Å². The quantitative estimate of drug-likeness (QED) is 0.849. The molecule has 0 fully saturated rings. The van der Waals surface area contributed by atoms with Gasteiger partial charge < -0.3 is 14.8 Å². The maximum absolute atomic E-state index is 5.36. The first kappa shape index (κ1) is 15.3. The van der Waals surface area contributed by atoms with Crippen molar-refractivity contribution in [2.75, 3.05) is 21.3 Å². The fourth-order valence-electron chi connectivity index (χ4n) is 2.37. The molecule has 1 aromatic heterocycles. The number of benzene rings is 1. The summed E-state index contributed by atoms with van der Waals surface area (Å²) in [6.45, 7) is 0. The molecule has 0 bridgehead atoms. The molecule has 1 atom stereocenters. The lowest BCUT2D eigenvalue weighted by Crippen LogP contribution is -2.29. The number of aromatic nitrogens is 1. The van der Waals surface area contributed by atoms with Crippen molar-refractivity contribution in [3.8, 4) is 11.5 Å². The van der Waals surface area contributed by atoms with Crippen LogP contribution in [-0.2, 0) is 12.8 Å². The fraction of sp³-hybridized carbons (Fsp3) is 0.353. The van der Waals surface area contributed by atoms with Crippen LogP contribution in [-0.4, -0.2) is 32.3 Å². The highest BCUT2D eigenvalue weighted by Gasteiger charge is 2.11. The van der Waals surface area contributed by atoms with Crippen molar-refractivity contribution in [2.24, 2.45) is 0 Å². The van der Waals surface area contributed by atoms with Crippen molar-refractivity contribution in [3.05, 3.63) is 53.9 Å². The number of hydrogen-bond donors (Lipinski definition) is 1. The minimum Gasteiger partial charge on any atom is -0.493 e. The van der Waals surface area contributed by atoms with Crippen LogP contribution in [0.2, 0.25) is 0 Å². The monoisotopic (exact) mass is 286 g/mol. The molecule has 0 saturated heterocycles. The van der Waals surface area contributed by atoms with Crippen molar-refractivity contribution in [2.45, 2.75) is 18.9 Å². The fourth-order valence-corrected chi connectivity index (χ4v) is 2.37. The topological polar surface area (TPSA) is 43.4 Å². The highest BCUT2D eigenvalue weighted by atomic mass is 16.5. The van der Waals surface area contributed by atoms with Crippen LogP contribution in [0.15, 0.2) is 42.7 Å². The van der Waals surface area contributed by atoms with Crippen LogP contribution < -0.4 is 14.8 Å². The van der Waals surface area contributed by atoms with E-state index in [1.807, 2.05) is 31.6 Å². The highest BCUT2D eigenvalue weighted by Crippen LogP contribution is 2.28. The van der Waals surface area contributed by atoms with Crippen molar-refractivity contribution in [1.29, 1.82) is 0 Å². The molecule has 0 aliphatic rings. The SMILES string of the molecule is CNC(Cc1ccncc1)Cc1ccc(OC)c(OC)c1. The average Bonchev–Trinajstić information content (AvgIpc) is 2.55. The summed E-state index contributed by atoms with van der Waals surface area (Å²) in [6, 6.07) is 10.5. The number of pyridine rings is 1. The Kier molecular flexibility index (Phi) is 5.58. The molecular formula is C17H22N2O2. The molecule has 0 amide bonds. The second-order valence-corrected chi connectivity index (χ2v) is 4.94. The van der Waals surface area contributed by atoms with Gasteiger partial charge in [0.1, 0.15) is 0 Å². The number of hydrogen-bond acceptors (Lipinski definition) is 4. The Morgan fingerprint density at radius 1 is 0.952 bits per heavy atom. The van der Waals surface area contributed by atoms with E-state index < -0.39 is 0 Å². The summed E-state index contributed by atoms with van der Waals surface area (Å²) in [7, 11) is 5.30. The molecule has 1 unspecified atom stereocenters. The average molecular weight is 286 g/mol. The lowest BCUT2D eigenvalue weighted by atomic mass is 9.99. The van der Waals surface area contributed by atoms with Crippen LogP contribution >= 0.6 is 0 Å². The van der Waals surface area contributed by atoms with E-state index in [0.717, 1.165) is 24.3 Å². The molecule has 2 aromatic rings. The van der Waals surface area contributed by atoms with Gasteiger partial charge in [-0.25, -0.2) is 0 Å². The molecular weight excluding hydrogens is 264 g/mol. The molecule has 4 heteroatoms. The third kappa shape index (κ3) is 4.20. The predicted molar refractivity (Wildman–Crippen MR) is 84.0 cm³/mol. The van der Waals surface area contributed by atoms with Gasteiger partial charge in [-0.3, -0.25) is 4.98 Å². The largest absolute Gasteiger partial charge is 0.493 e. The van der Waals surface area contributed by atoms with Gasteiger partial charge in [0.15, 0.2) is 11.5 Å². The normalized spacial score (nSPS) is 12.0. The molecule has 0 aliphatic carbocycles. The van der Waals surface area contributed by atoms with Crippen molar-refractivity contribution >= 4 is 0 Å². The Balaban J connectivity index is 2.08. The maximum Gasteiger partial charge on any atom is 0.160 e. The number of rotatable bonds is 7. The Morgan fingerprint density at radius 3 is 2.24 bits per heavy atom. The van der Waals surface area contributed by atoms with E-state index in [-0.39, 0.29) is 0 Å². The third-order valence-corrected chi connectivity index (χ3v) is 3.57. The zero-order chi connectivity index (χ0) is 15.1. The highest BCUT2D eigenvalue weighted by molar-refractivity contribution is 5.43. The number of methoxy groups -OCH3 is 2. The third-order valence-electron chi connectivity index (χ3n) is 3.57. The lowest BCUT2D eigenvalue weighted by molar-refractivity contribution is 0.354. The summed E-state index contributed by atoms with van der Waals surface area (Å²) in [5.74, 6) is 1.53. The summed E-state index contributed by atoms with van der Waals surface area (Å²) in [5, 5.41) is 3.37. The van der Waals surface area contributed by atoms with Gasteiger partial charge in [-0.2, -0.15) is 0 Å². The minimum absolute atomic E-state index is 0.366. The van der Waals surface area contributed by atoms with Crippen LogP contribution in [0.3, 0.4) is 0 Å². The molecule has 1 heterocycles. The van der Waals surface area contributed by atoms with Crippen LogP contribution in [0, 0.1) is 0 Å².